The maximum Gasteiger partial charge on any atom is 0.205 e. The molecule has 0 fully saturated rings. The quantitative estimate of drug-likeness (QED) is 0.530. The van der Waals surface area contributed by atoms with Gasteiger partial charge >= 0.3 is 0 Å². The second kappa shape index (κ2) is 5.58. The van der Waals surface area contributed by atoms with Crippen molar-refractivity contribution in [1.82, 2.24) is 19.7 Å². The summed E-state index contributed by atoms with van der Waals surface area (Å²) in [5.74, 6) is 2.22. The number of thiophene rings is 1. The molecule has 1 aromatic carbocycles. The van der Waals surface area contributed by atoms with Gasteiger partial charge in [-0.2, -0.15) is 0 Å². The van der Waals surface area contributed by atoms with Crippen molar-refractivity contribution in [2.24, 2.45) is 7.05 Å². The average molecular weight is 328 g/mol. The van der Waals surface area contributed by atoms with E-state index in [2.05, 4.69) is 15.2 Å². The van der Waals surface area contributed by atoms with Crippen LogP contribution in [0.4, 0.5) is 0 Å². The number of thioether (sulfide) groups is 1. The van der Waals surface area contributed by atoms with Crippen LogP contribution >= 0.6 is 23.1 Å². The van der Waals surface area contributed by atoms with Crippen molar-refractivity contribution in [3.63, 3.8) is 0 Å². The molecule has 0 atom stereocenters. The number of fused-ring (bicyclic) bond motifs is 1. The molecule has 4 rings (SSSR count). The van der Waals surface area contributed by atoms with Crippen LogP contribution in [0, 0.1) is 0 Å². The normalized spacial score (nSPS) is 11.3. The molecule has 0 aliphatic heterocycles. The van der Waals surface area contributed by atoms with Crippen molar-refractivity contribution in [3.05, 3.63) is 47.7 Å². The molecule has 110 valence electrons. The van der Waals surface area contributed by atoms with E-state index in [1.165, 1.54) is 0 Å². The average Bonchev–Trinajstić information content (AvgIpc) is 3.24. The molecule has 0 aliphatic carbocycles. The van der Waals surface area contributed by atoms with Crippen LogP contribution in [0.2, 0.25) is 0 Å². The van der Waals surface area contributed by atoms with Crippen LogP contribution in [0.3, 0.4) is 0 Å². The molecular weight excluding hydrogens is 316 g/mol. The van der Waals surface area contributed by atoms with Crippen LogP contribution in [0.15, 0.2) is 51.4 Å². The standard InChI is InChI=1S/C15H12N4OS2/c1-19-14(12-7-4-8-21-12)17-18-15(19)22-9-13-16-10-5-2-3-6-11(10)20-13/h2-8H,9H2,1H3. The summed E-state index contributed by atoms with van der Waals surface area (Å²) in [5, 5.41) is 11.4. The van der Waals surface area contributed by atoms with Crippen LogP contribution in [-0.4, -0.2) is 19.7 Å². The maximum atomic E-state index is 5.72. The Morgan fingerprint density at radius 1 is 1.18 bits per heavy atom. The third-order valence-electron chi connectivity index (χ3n) is 3.24. The number of hydrogen-bond acceptors (Lipinski definition) is 6. The molecule has 0 radical (unpaired) electrons. The number of aromatic nitrogens is 4. The lowest BCUT2D eigenvalue weighted by molar-refractivity contribution is 0.555. The Morgan fingerprint density at radius 3 is 2.91 bits per heavy atom. The minimum Gasteiger partial charge on any atom is -0.440 e. The van der Waals surface area contributed by atoms with Crippen LogP contribution in [0.25, 0.3) is 21.8 Å². The zero-order valence-electron chi connectivity index (χ0n) is 11.8. The van der Waals surface area contributed by atoms with Crippen LogP contribution in [-0.2, 0) is 12.8 Å². The van der Waals surface area contributed by atoms with Gasteiger partial charge < -0.3 is 8.98 Å². The second-order valence-electron chi connectivity index (χ2n) is 4.71. The summed E-state index contributed by atoms with van der Waals surface area (Å²) in [6, 6.07) is 11.8. The fraction of sp³-hybridized carbons (Fsp3) is 0.133. The van der Waals surface area contributed by atoms with Crippen molar-refractivity contribution in [3.8, 4) is 10.7 Å². The van der Waals surface area contributed by atoms with Crippen LogP contribution in [0.1, 0.15) is 5.89 Å². The summed E-state index contributed by atoms with van der Waals surface area (Å²) in [4.78, 5) is 5.59. The minimum absolute atomic E-state index is 0.630. The summed E-state index contributed by atoms with van der Waals surface area (Å²) in [7, 11) is 1.98. The Kier molecular flexibility index (Phi) is 3.44. The molecule has 7 heteroatoms. The van der Waals surface area contributed by atoms with Gasteiger partial charge in [0.25, 0.3) is 0 Å². The van der Waals surface area contributed by atoms with E-state index in [9.17, 15) is 0 Å². The molecule has 3 heterocycles. The van der Waals surface area contributed by atoms with Gasteiger partial charge in [-0.15, -0.1) is 21.5 Å². The topological polar surface area (TPSA) is 56.7 Å². The van der Waals surface area contributed by atoms with Crippen molar-refractivity contribution in [2.75, 3.05) is 0 Å². The first-order chi connectivity index (χ1) is 10.8. The van der Waals surface area contributed by atoms with Gasteiger partial charge in [-0.05, 0) is 23.6 Å². The maximum absolute atomic E-state index is 5.72. The number of nitrogens with zero attached hydrogens (tertiary/aromatic N) is 4. The van der Waals surface area contributed by atoms with Gasteiger partial charge in [-0.1, -0.05) is 30.0 Å². The Labute approximate surface area is 135 Å². The fourth-order valence-electron chi connectivity index (χ4n) is 2.17. The summed E-state index contributed by atoms with van der Waals surface area (Å²) in [6.07, 6.45) is 0. The van der Waals surface area contributed by atoms with E-state index >= 15 is 0 Å². The molecule has 0 aliphatic rings. The van der Waals surface area contributed by atoms with Crippen molar-refractivity contribution < 1.29 is 4.42 Å². The fourth-order valence-corrected chi connectivity index (χ4v) is 3.67. The number of para-hydroxylation sites is 2. The molecule has 0 amide bonds. The van der Waals surface area contributed by atoms with Crippen molar-refractivity contribution in [1.29, 1.82) is 0 Å². The number of benzene rings is 1. The molecule has 22 heavy (non-hydrogen) atoms. The van der Waals surface area contributed by atoms with Gasteiger partial charge in [0, 0.05) is 7.05 Å². The largest absolute Gasteiger partial charge is 0.440 e. The molecule has 3 aromatic heterocycles. The summed E-state index contributed by atoms with van der Waals surface area (Å²) in [6.45, 7) is 0. The Bertz CT molecular complexity index is 878. The molecule has 0 bridgehead atoms. The van der Waals surface area contributed by atoms with E-state index < -0.39 is 0 Å². The molecule has 5 nitrogen and oxygen atoms in total. The first-order valence-corrected chi connectivity index (χ1v) is 8.58. The van der Waals surface area contributed by atoms with Gasteiger partial charge in [0.2, 0.25) is 5.89 Å². The highest BCUT2D eigenvalue weighted by Gasteiger charge is 2.13. The highest BCUT2D eigenvalue weighted by molar-refractivity contribution is 7.98. The van der Waals surface area contributed by atoms with E-state index in [4.69, 9.17) is 4.42 Å². The Balaban J connectivity index is 1.54. The van der Waals surface area contributed by atoms with Crippen molar-refractivity contribution >= 4 is 34.2 Å². The molecule has 0 spiro atoms. The second-order valence-corrected chi connectivity index (χ2v) is 6.60. The minimum atomic E-state index is 0.630. The lowest BCUT2D eigenvalue weighted by atomic mass is 10.3. The summed E-state index contributed by atoms with van der Waals surface area (Å²) >= 11 is 3.23. The van der Waals surface area contributed by atoms with Gasteiger partial charge in [0.05, 0.1) is 10.6 Å². The van der Waals surface area contributed by atoms with Gasteiger partial charge in [-0.25, -0.2) is 4.98 Å². The number of rotatable bonds is 4. The molecule has 0 saturated carbocycles. The van der Waals surface area contributed by atoms with Crippen molar-refractivity contribution in [2.45, 2.75) is 10.9 Å². The lowest BCUT2D eigenvalue weighted by Crippen LogP contribution is -1.93. The number of hydrogen-bond donors (Lipinski definition) is 0. The highest BCUT2D eigenvalue weighted by Crippen LogP contribution is 2.28. The molecule has 0 saturated heterocycles. The van der Waals surface area contributed by atoms with Gasteiger partial charge in [0.1, 0.15) is 5.52 Å². The third kappa shape index (κ3) is 2.42. The lowest BCUT2D eigenvalue weighted by Gasteiger charge is -2.00. The SMILES string of the molecule is Cn1c(SCc2nc3ccccc3o2)nnc1-c1cccs1. The molecule has 4 aromatic rings. The zero-order chi connectivity index (χ0) is 14.9. The highest BCUT2D eigenvalue weighted by atomic mass is 32.2. The monoisotopic (exact) mass is 328 g/mol. The smallest absolute Gasteiger partial charge is 0.205 e. The van der Waals surface area contributed by atoms with Gasteiger partial charge in [0.15, 0.2) is 16.6 Å². The zero-order valence-corrected chi connectivity index (χ0v) is 13.4. The third-order valence-corrected chi connectivity index (χ3v) is 5.11. The summed E-state index contributed by atoms with van der Waals surface area (Å²) < 4.78 is 7.72. The van der Waals surface area contributed by atoms with Crippen LogP contribution in [0.5, 0.6) is 0 Å². The van der Waals surface area contributed by atoms with E-state index in [0.29, 0.717) is 11.6 Å². The number of oxazole rings is 1. The molecule has 0 unspecified atom stereocenters. The summed E-state index contributed by atoms with van der Waals surface area (Å²) in [5.41, 5.74) is 1.70. The first-order valence-electron chi connectivity index (χ1n) is 6.72. The predicted molar refractivity (Wildman–Crippen MR) is 87.9 cm³/mol. The Hall–Kier alpha value is -2.12. The Morgan fingerprint density at radius 2 is 2.09 bits per heavy atom. The van der Waals surface area contributed by atoms with E-state index in [1.54, 1.807) is 23.1 Å². The van der Waals surface area contributed by atoms with E-state index in [0.717, 1.165) is 27.0 Å². The van der Waals surface area contributed by atoms with E-state index in [1.807, 2.05) is 53.4 Å². The van der Waals surface area contributed by atoms with Crippen LogP contribution < -0.4 is 0 Å². The molecule has 0 N–H and O–H groups in total. The van der Waals surface area contributed by atoms with E-state index in [-0.39, 0.29) is 0 Å². The first kappa shape index (κ1) is 13.5. The van der Waals surface area contributed by atoms with Gasteiger partial charge in [-0.3, -0.25) is 0 Å². The molecular formula is C15H12N4OS2. The predicted octanol–water partition coefficient (Wildman–Crippen LogP) is 3.98.